The lowest BCUT2D eigenvalue weighted by Crippen LogP contribution is -2.47. The van der Waals surface area contributed by atoms with Crippen LogP contribution >= 0.6 is 24.8 Å². The smallest absolute Gasteiger partial charge is 0.203 e. The van der Waals surface area contributed by atoms with Crippen LogP contribution in [0.4, 0.5) is 4.39 Å². The zero-order valence-electron chi connectivity index (χ0n) is 19.5. The van der Waals surface area contributed by atoms with E-state index < -0.39 is 0 Å². The van der Waals surface area contributed by atoms with Crippen molar-refractivity contribution in [3.05, 3.63) is 47.8 Å². The number of halogens is 3. The lowest BCUT2D eigenvalue weighted by Gasteiger charge is -2.34. The van der Waals surface area contributed by atoms with Crippen LogP contribution in [0.3, 0.4) is 0 Å². The summed E-state index contributed by atoms with van der Waals surface area (Å²) >= 11 is 0. The molecule has 6 nitrogen and oxygen atoms in total. The Bertz CT molecular complexity index is 811. The molecule has 2 aromatic carbocycles. The summed E-state index contributed by atoms with van der Waals surface area (Å²) in [4.78, 5) is 4.86. The van der Waals surface area contributed by atoms with Gasteiger partial charge in [-0.25, -0.2) is 4.39 Å². The largest absolute Gasteiger partial charge is 0.493 e. The highest BCUT2D eigenvalue weighted by atomic mass is 35.5. The van der Waals surface area contributed by atoms with E-state index in [1.54, 1.807) is 39.5 Å². The summed E-state index contributed by atoms with van der Waals surface area (Å²) in [5, 5.41) is 0. The van der Waals surface area contributed by atoms with Crippen molar-refractivity contribution < 1.29 is 23.3 Å². The quantitative estimate of drug-likeness (QED) is 0.453. The summed E-state index contributed by atoms with van der Waals surface area (Å²) in [5.74, 6) is 2.04. The molecule has 0 unspecified atom stereocenters. The number of benzene rings is 2. The molecular formula is C24H35Cl2FN2O4. The fourth-order valence-corrected chi connectivity index (χ4v) is 3.87. The molecule has 0 radical (unpaired) electrons. The highest BCUT2D eigenvalue weighted by molar-refractivity contribution is 5.85. The Kier molecular flexibility index (Phi) is 13.3. The van der Waals surface area contributed by atoms with Crippen molar-refractivity contribution in [1.82, 2.24) is 9.80 Å². The minimum absolute atomic E-state index is 0. The third-order valence-electron chi connectivity index (χ3n) is 5.63. The third-order valence-corrected chi connectivity index (χ3v) is 5.63. The number of methoxy groups -OCH3 is 3. The molecule has 186 valence electrons. The molecule has 0 atom stereocenters. The van der Waals surface area contributed by atoms with Crippen LogP contribution < -0.4 is 18.9 Å². The molecule has 1 saturated heterocycles. The van der Waals surface area contributed by atoms with Crippen molar-refractivity contribution in [2.24, 2.45) is 0 Å². The van der Waals surface area contributed by atoms with Crippen molar-refractivity contribution in [1.29, 1.82) is 0 Å². The van der Waals surface area contributed by atoms with Gasteiger partial charge in [0, 0.05) is 32.7 Å². The molecule has 1 fully saturated rings. The Hall–Kier alpha value is -1.93. The van der Waals surface area contributed by atoms with Gasteiger partial charge in [-0.15, -0.1) is 24.8 Å². The van der Waals surface area contributed by atoms with Gasteiger partial charge in [-0.2, -0.15) is 0 Å². The minimum Gasteiger partial charge on any atom is -0.493 e. The van der Waals surface area contributed by atoms with Gasteiger partial charge >= 0.3 is 0 Å². The SMILES string of the molecule is COc1cc(CCCN2CCN(CCOc3ccccc3F)CC2)cc(OC)c1OC.Cl.Cl. The second-order valence-corrected chi connectivity index (χ2v) is 7.60. The fourth-order valence-electron chi connectivity index (χ4n) is 3.87. The topological polar surface area (TPSA) is 43.4 Å². The Morgan fingerprint density at radius 2 is 1.36 bits per heavy atom. The van der Waals surface area contributed by atoms with E-state index in [2.05, 4.69) is 9.80 Å². The number of rotatable bonds is 11. The van der Waals surface area contributed by atoms with Crippen molar-refractivity contribution >= 4 is 24.8 Å². The maximum absolute atomic E-state index is 13.6. The first-order valence-electron chi connectivity index (χ1n) is 10.8. The molecule has 1 aliphatic heterocycles. The first kappa shape index (κ1) is 29.1. The van der Waals surface area contributed by atoms with Gasteiger partial charge < -0.3 is 23.8 Å². The van der Waals surface area contributed by atoms with Gasteiger partial charge in [0.15, 0.2) is 23.1 Å². The van der Waals surface area contributed by atoms with E-state index in [1.807, 2.05) is 12.1 Å². The molecular weight excluding hydrogens is 470 g/mol. The van der Waals surface area contributed by atoms with Gasteiger partial charge in [-0.05, 0) is 49.2 Å². The molecule has 0 amide bonds. The Morgan fingerprint density at radius 3 is 1.91 bits per heavy atom. The fraction of sp³-hybridized carbons (Fsp3) is 0.500. The van der Waals surface area contributed by atoms with Gasteiger partial charge in [-0.1, -0.05) is 12.1 Å². The van der Waals surface area contributed by atoms with Crippen molar-refractivity contribution in [3.8, 4) is 23.0 Å². The van der Waals surface area contributed by atoms with E-state index in [0.29, 0.717) is 29.6 Å². The molecule has 1 aliphatic rings. The molecule has 3 rings (SSSR count). The summed E-state index contributed by atoms with van der Waals surface area (Å²) in [6.45, 7) is 6.45. The van der Waals surface area contributed by atoms with Crippen LogP contribution in [0.2, 0.25) is 0 Å². The standard InChI is InChI=1S/C24H33FN2O4.2ClH/c1-28-22-17-19(18-23(29-2)24(22)30-3)7-6-10-26-11-13-27(14-12-26)15-16-31-21-9-5-4-8-20(21)25;;/h4-5,8-9,17-18H,6-7,10-16H2,1-3H3;2*1H. The second kappa shape index (κ2) is 15.1. The molecule has 1 heterocycles. The maximum Gasteiger partial charge on any atom is 0.203 e. The molecule has 0 saturated carbocycles. The van der Waals surface area contributed by atoms with Crippen LogP contribution in [0.1, 0.15) is 12.0 Å². The number of piperazine rings is 1. The van der Waals surface area contributed by atoms with Crippen molar-refractivity contribution in [2.75, 3.05) is 67.2 Å². The Morgan fingerprint density at radius 1 is 0.788 bits per heavy atom. The van der Waals surface area contributed by atoms with Crippen LogP contribution in [0.25, 0.3) is 0 Å². The van der Waals surface area contributed by atoms with E-state index in [-0.39, 0.29) is 30.6 Å². The van der Waals surface area contributed by atoms with Gasteiger partial charge in [0.2, 0.25) is 5.75 Å². The average molecular weight is 505 g/mol. The lowest BCUT2D eigenvalue weighted by atomic mass is 10.1. The monoisotopic (exact) mass is 504 g/mol. The number of hydrogen-bond donors (Lipinski definition) is 0. The molecule has 33 heavy (non-hydrogen) atoms. The van der Waals surface area contributed by atoms with Crippen LogP contribution in [0.5, 0.6) is 23.0 Å². The van der Waals surface area contributed by atoms with Crippen LogP contribution in [0, 0.1) is 5.82 Å². The Balaban J connectivity index is 0.00000272. The van der Waals surface area contributed by atoms with Gasteiger partial charge in [-0.3, -0.25) is 4.90 Å². The average Bonchev–Trinajstić information content (AvgIpc) is 2.80. The predicted octanol–water partition coefficient (Wildman–Crippen LogP) is 4.32. The van der Waals surface area contributed by atoms with Gasteiger partial charge in [0.1, 0.15) is 6.61 Å². The number of ether oxygens (including phenoxy) is 4. The first-order chi connectivity index (χ1) is 15.1. The normalized spacial score (nSPS) is 14.1. The maximum atomic E-state index is 13.6. The molecule has 0 bridgehead atoms. The van der Waals surface area contributed by atoms with Gasteiger partial charge in [0.25, 0.3) is 0 Å². The van der Waals surface area contributed by atoms with E-state index in [0.717, 1.165) is 52.1 Å². The number of para-hydroxylation sites is 1. The molecule has 0 aromatic heterocycles. The summed E-state index contributed by atoms with van der Waals surface area (Å²) < 4.78 is 35.5. The van der Waals surface area contributed by atoms with E-state index in [9.17, 15) is 4.39 Å². The highest BCUT2D eigenvalue weighted by Gasteiger charge is 2.17. The zero-order valence-corrected chi connectivity index (χ0v) is 21.2. The van der Waals surface area contributed by atoms with E-state index >= 15 is 0 Å². The summed E-state index contributed by atoms with van der Waals surface area (Å²) in [6, 6.07) is 10.6. The van der Waals surface area contributed by atoms with Crippen molar-refractivity contribution in [3.63, 3.8) is 0 Å². The zero-order chi connectivity index (χ0) is 22.1. The molecule has 2 aromatic rings. The van der Waals surface area contributed by atoms with Crippen LogP contribution in [-0.4, -0.2) is 77.0 Å². The van der Waals surface area contributed by atoms with Crippen molar-refractivity contribution in [2.45, 2.75) is 12.8 Å². The minimum atomic E-state index is -0.306. The molecule has 0 aliphatic carbocycles. The van der Waals surface area contributed by atoms with Crippen LogP contribution in [0.15, 0.2) is 36.4 Å². The summed E-state index contributed by atoms with van der Waals surface area (Å²) in [6.07, 6.45) is 2.02. The molecule has 0 N–H and O–H groups in total. The summed E-state index contributed by atoms with van der Waals surface area (Å²) in [5.41, 5.74) is 1.18. The molecule has 0 spiro atoms. The lowest BCUT2D eigenvalue weighted by molar-refractivity contribution is 0.115. The second-order valence-electron chi connectivity index (χ2n) is 7.60. The van der Waals surface area contributed by atoms with Gasteiger partial charge in [0.05, 0.1) is 21.3 Å². The third kappa shape index (κ3) is 8.41. The number of nitrogens with zero attached hydrogens (tertiary/aromatic N) is 2. The molecule has 9 heteroatoms. The van der Waals surface area contributed by atoms with E-state index in [4.69, 9.17) is 18.9 Å². The Labute approximate surface area is 208 Å². The number of hydrogen-bond acceptors (Lipinski definition) is 6. The predicted molar refractivity (Wildman–Crippen MR) is 134 cm³/mol. The van der Waals surface area contributed by atoms with Crippen LogP contribution in [-0.2, 0) is 6.42 Å². The number of aryl methyl sites for hydroxylation is 1. The summed E-state index contributed by atoms with van der Waals surface area (Å²) in [7, 11) is 4.90. The highest BCUT2D eigenvalue weighted by Crippen LogP contribution is 2.38. The first-order valence-corrected chi connectivity index (χ1v) is 10.8. The van der Waals surface area contributed by atoms with E-state index in [1.165, 1.54) is 11.6 Å².